The van der Waals surface area contributed by atoms with E-state index in [1.165, 1.54) is 11.3 Å². The summed E-state index contributed by atoms with van der Waals surface area (Å²) in [6.07, 6.45) is 0. The highest BCUT2D eigenvalue weighted by Gasteiger charge is 2.21. The standard InChI is InChI=1S/C13H21N5OS/c1-7(6-17(3)4)15-12(19)11-10(14)9-8(2)16-18(5)13(9)20-11/h7H,6,14H2,1-5H3,(H,15,19). The summed E-state index contributed by atoms with van der Waals surface area (Å²) in [6.45, 7) is 4.67. The fourth-order valence-corrected chi connectivity index (χ4v) is 3.47. The van der Waals surface area contributed by atoms with Crippen LogP contribution in [0.3, 0.4) is 0 Å². The molecule has 3 N–H and O–H groups in total. The second kappa shape index (κ2) is 5.41. The van der Waals surface area contributed by atoms with Gasteiger partial charge in [0.15, 0.2) is 0 Å². The van der Waals surface area contributed by atoms with Crippen LogP contribution < -0.4 is 11.1 Å². The van der Waals surface area contributed by atoms with E-state index in [0.717, 1.165) is 22.5 Å². The highest BCUT2D eigenvalue weighted by Crippen LogP contribution is 2.35. The molecule has 0 saturated carbocycles. The Hall–Kier alpha value is -1.60. The molecular weight excluding hydrogens is 274 g/mol. The number of aryl methyl sites for hydroxylation is 2. The van der Waals surface area contributed by atoms with Crippen molar-refractivity contribution < 1.29 is 4.79 Å². The van der Waals surface area contributed by atoms with Gasteiger partial charge in [0, 0.05) is 19.6 Å². The number of carbonyl (C=O) groups is 1. The lowest BCUT2D eigenvalue weighted by molar-refractivity contribution is 0.0939. The van der Waals surface area contributed by atoms with E-state index in [1.54, 1.807) is 4.68 Å². The maximum absolute atomic E-state index is 12.3. The number of hydrogen-bond acceptors (Lipinski definition) is 5. The number of nitrogen functional groups attached to an aromatic ring is 1. The summed E-state index contributed by atoms with van der Waals surface area (Å²) in [4.78, 5) is 15.9. The van der Waals surface area contributed by atoms with Gasteiger partial charge in [0.05, 0.1) is 16.8 Å². The maximum Gasteiger partial charge on any atom is 0.263 e. The normalized spacial score (nSPS) is 13.1. The van der Waals surface area contributed by atoms with Crippen molar-refractivity contribution in [3.05, 3.63) is 10.6 Å². The number of likely N-dealkylation sites (N-methyl/N-ethyl adjacent to an activating group) is 1. The molecule has 0 fully saturated rings. The largest absolute Gasteiger partial charge is 0.397 e. The van der Waals surface area contributed by atoms with Crippen LogP contribution >= 0.6 is 11.3 Å². The Kier molecular flexibility index (Phi) is 4.01. The molecule has 2 rings (SSSR count). The van der Waals surface area contributed by atoms with Gasteiger partial charge >= 0.3 is 0 Å². The molecule has 7 heteroatoms. The zero-order valence-corrected chi connectivity index (χ0v) is 13.3. The van der Waals surface area contributed by atoms with Gasteiger partial charge in [0.2, 0.25) is 0 Å². The van der Waals surface area contributed by atoms with E-state index in [0.29, 0.717) is 10.6 Å². The highest BCUT2D eigenvalue weighted by atomic mass is 32.1. The Bertz CT molecular complexity index is 643. The molecule has 0 aromatic carbocycles. The predicted molar refractivity (Wildman–Crippen MR) is 83.2 cm³/mol. The van der Waals surface area contributed by atoms with Gasteiger partial charge < -0.3 is 16.0 Å². The first-order chi connectivity index (χ1) is 9.31. The van der Waals surface area contributed by atoms with Crippen molar-refractivity contribution in [2.24, 2.45) is 7.05 Å². The number of hydrogen-bond donors (Lipinski definition) is 2. The van der Waals surface area contributed by atoms with Gasteiger partial charge in [-0.3, -0.25) is 9.48 Å². The molecule has 0 aliphatic carbocycles. The number of amides is 1. The van der Waals surface area contributed by atoms with Crippen LogP contribution in [0.15, 0.2) is 0 Å². The van der Waals surface area contributed by atoms with Crippen molar-refractivity contribution in [1.29, 1.82) is 0 Å². The van der Waals surface area contributed by atoms with Gasteiger partial charge in [-0.2, -0.15) is 5.10 Å². The summed E-state index contributed by atoms with van der Waals surface area (Å²) in [5.74, 6) is -0.113. The third kappa shape index (κ3) is 2.64. The lowest BCUT2D eigenvalue weighted by Crippen LogP contribution is -2.39. The molecule has 0 radical (unpaired) electrons. The lowest BCUT2D eigenvalue weighted by Gasteiger charge is -2.18. The summed E-state index contributed by atoms with van der Waals surface area (Å²) < 4.78 is 1.77. The number of anilines is 1. The number of rotatable bonds is 4. The number of nitrogens with one attached hydrogen (secondary N) is 1. The van der Waals surface area contributed by atoms with Crippen LogP contribution in [0.4, 0.5) is 5.69 Å². The molecule has 2 aromatic heterocycles. The van der Waals surface area contributed by atoms with E-state index in [-0.39, 0.29) is 11.9 Å². The second-order valence-electron chi connectivity index (χ2n) is 5.37. The minimum Gasteiger partial charge on any atom is -0.397 e. The van der Waals surface area contributed by atoms with Gasteiger partial charge in [0.25, 0.3) is 5.91 Å². The van der Waals surface area contributed by atoms with Crippen LogP contribution in [0.2, 0.25) is 0 Å². The van der Waals surface area contributed by atoms with Crippen LogP contribution in [0.1, 0.15) is 22.3 Å². The van der Waals surface area contributed by atoms with Crippen LogP contribution in [0.5, 0.6) is 0 Å². The van der Waals surface area contributed by atoms with E-state index in [2.05, 4.69) is 10.4 Å². The molecular formula is C13H21N5OS. The Morgan fingerprint density at radius 3 is 2.75 bits per heavy atom. The minimum atomic E-state index is -0.113. The number of nitrogens with two attached hydrogens (primary N) is 1. The molecule has 6 nitrogen and oxygen atoms in total. The molecule has 0 aliphatic heterocycles. The summed E-state index contributed by atoms with van der Waals surface area (Å²) in [5, 5.41) is 8.19. The SMILES string of the molecule is Cc1nn(C)c2sc(C(=O)NC(C)CN(C)C)c(N)c12. The topological polar surface area (TPSA) is 76.2 Å². The quantitative estimate of drug-likeness (QED) is 0.889. The van der Waals surface area contributed by atoms with Gasteiger partial charge in [-0.15, -0.1) is 11.3 Å². The molecule has 0 aliphatic rings. The van der Waals surface area contributed by atoms with E-state index < -0.39 is 0 Å². The van der Waals surface area contributed by atoms with Gasteiger partial charge in [-0.05, 0) is 27.9 Å². The average Bonchev–Trinajstić information content (AvgIpc) is 2.78. The van der Waals surface area contributed by atoms with Gasteiger partial charge in [-0.1, -0.05) is 0 Å². The van der Waals surface area contributed by atoms with Crippen molar-refractivity contribution in [3.63, 3.8) is 0 Å². The molecule has 0 bridgehead atoms. The summed E-state index contributed by atoms with van der Waals surface area (Å²) in [7, 11) is 5.82. The molecule has 2 heterocycles. The number of nitrogens with zero attached hydrogens (tertiary/aromatic N) is 3. The molecule has 1 atom stereocenters. The van der Waals surface area contributed by atoms with E-state index in [9.17, 15) is 4.79 Å². The third-order valence-corrected chi connectivity index (χ3v) is 4.38. The first-order valence-electron chi connectivity index (χ1n) is 6.48. The number of fused-ring (bicyclic) bond motifs is 1. The molecule has 1 unspecified atom stereocenters. The fourth-order valence-electron chi connectivity index (χ4n) is 2.38. The average molecular weight is 295 g/mol. The Morgan fingerprint density at radius 1 is 1.55 bits per heavy atom. The number of carbonyl (C=O) groups excluding carboxylic acids is 1. The summed E-state index contributed by atoms with van der Waals surface area (Å²) in [6, 6.07) is 0.0707. The summed E-state index contributed by atoms with van der Waals surface area (Å²) >= 11 is 1.39. The van der Waals surface area contributed by atoms with Crippen molar-refractivity contribution >= 4 is 33.1 Å². The van der Waals surface area contributed by atoms with E-state index in [4.69, 9.17) is 5.73 Å². The number of thiophene rings is 1. The Morgan fingerprint density at radius 2 is 2.20 bits per heavy atom. The molecule has 0 spiro atoms. The van der Waals surface area contributed by atoms with Gasteiger partial charge in [0.1, 0.15) is 9.71 Å². The third-order valence-electron chi connectivity index (χ3n) is 3.11. The van der Waals surface area contributed by atoms with Crippen LogP contribution in [-0.2, 0) is 7.05 Å². The van der Waals surface area contributed by atoms with Crippen molar-refractivity contribution in [3.8, 4) is 0 Å². The molecule has 1 amide bonds. The first-order valence-corrected chi connectivity index (χ1v) is 7.30. The molecule has 2 aromatic rings. The van der Waals surface area contributed by atoms with Crippen LogP contribution in [-0.4, -0.2) is 47.3 Å². The Balaban J connectivity index is 2.27. The monoisotopic (exact) mass is 295 g/mol. The van der Waals surface area contributed by atoms with Crippen LogP contribution in [0.25, 0.3) is 10.2 Å². The smallest absolute Gasteiger partial charge is 0.263 e. The fraction of sp³-hybridized carbons (Fsp3) is 0.538. The van der Waals surface area contributed by atoms with Crippen molar-refractivity contribution in [1.82, 2.24) is 20.0 Å². The van der Waals surface area contributed by atoms with Gasteiger partial charge in [-0.25, -0.2) is 0 Å². The van der Waals surface area contributed by atoms with E-state index >= 15 is 0 Å². The molecule has 0 saturated heterocycles. The lowest BCUT2D eigenvalue weighted by atomic mass is 10.2. The van der Waals surface area contributed by atoms with Crippen LogP contribution in [0, 0.1) is 6.92 Å². The zero-order valence-electron chi connectivity index (χ0n) is 12.5. The number of aromatic nitrogens is 2. The predicted octanol–water partition coefficient (Wildman–Crippen LogP) is 1.21. The summed E-state index contributed by atoms with van der Waals surface area (Å²) in [5.41, 5.74) is 7.51. The second-order valence-corrected chi connectivity index (χ2v) is 6.37. The molecule has 110 valence electrons. The zero-order chi connectivity index (χ0) is 15.0. The first kappa shape index (κ1) is 14.8. The maximum atomic E-state index is 12.3. The van der Waals surface area contributed by atoms with E-state index in [1.807, 2.05) is 39.9 Å². The molecule has 20 heavy (non-hydrogen) atoms. The highest BCUT2D eigenvalue weighted by molar-refractivity contribution is 7.21. The Labute approximate surface area is 122 Å². The van der Waals surface area contributed by atoms with Crippen molar-refractivity contribution in [2.45, 2.75) is 19.9 Å². The minimum absolute atomic E-state index is 0.0707. The van der Waals surface area contributed by atoms with Crippen molar-refractivity contribution in [2.75, 3.05) is 26.4 Å².